The molecule has 0 bridgehead atoms. The first kappa shape index (κ1) is 14.0. The first-order chi connectivity index (χ1) is 10.3. The molecule has 3 rings (SSSR count). The van der Waals surface area contributed by atoms with Gasteiger partial charge in [-0.15, -0.1) is 0 Å². The van der Waals surface area contributed by atoms with E-state index in [0.717, 1.165) is 31.6 Å². The van der Waals surface area contributed by atoms with E-state index < -0.39 is 0 Å². The third kappa shape index (κ3) is 3.79. The fraction of sp³-hybridized carbons (Fsp3) is 0.353. The highest BCUT2D eigenvalue weighted by molar-refractivity contribution is 5.48. The number of nitrogens with one attached hydrogen (secondary N) is 1. The highest BCUT2D eigenvalue weighted by Crippen LogP contribution is 2.17. The fourth-order valence-electron chi connectivity index (χ4n) is 2.74. The molecule has 0 saturated heterocycles. The number of benzene rings is 1. The van der Waals surface area contributed by atoms with Gasteiger partial charge < -0.3 is 9.88 Å². The van der Waals surface area contributed by atoms with Crippen molar-refractivity contribution in [3.8, 4) is 0 Å². The van der Waals surface area contributed by atoms with Crippen LogP contribution < -0.4 is 5.32 Å². The van der Waals surface area contributed by atoms with E-state index in [1.54, 1.807) is 12.1 Å². The summed E-state index contributed by atoms with van der Waals surface area (Å²) in [5, 5.41) is 3.47. The van der Waals surface area contributed by atoms with E-state index in [4.69, 9.17) is 0 Å². The van der Waals surface area contributed by atoms with E-state index in [2.05, 4.69) is 27.1 Å². The molecule has 0 amide bonds. The van der Waals surface area contributed by atoms with Gasteiger partial charge in [0.25, 0.3) is 0 Å². The van der Waals surface area contributed by atoms with Gasteiger partial charge >= 0.3 is 0 Å². The summed E-state index contributed by atoms with van der Waals surface area (Å²) < 4.78 is 15.0. The van der Waals surface area contributed by atoms with Crippen LogP contribution in [0.25, 0.3) is 6.08 Å². The van der Waals surface area contributed by atoms with E-state index in [-0.39, 0.29) is 5.82 Å². The number of aromatic nitrogens is 2. The Kier molecular flexibility index (Phi) is 4.46. The zero-order chi connectivity index (χ0) is 14.5. The van der Waals surface area contributed by atoms with Gasteiger partial charge in [0.05, 0.1) is 0 Å². The van der Waals surface area contributed by atoms with Gasteiger partial charge in [-0.2, -0.15) is 0 Å². The molecule has 0 radical (unpaired) electrons. The molecule has 0 fully saturated rings. The Morgan fingerprint density at radius 3 is 3.05 bits per heavy atom. The lowest BCUT2D eigenvalue weighted by Crippen LogP contribution is -2.30. The molecular formula is C17H20FN3. The summed E-state index contributed by atoms with van der Waals surface area (Å²) >= 11 is 0. The molecule has 21 heavy (non-hydrogen) atoms. The average molecular weight is 285 g/mol. The van der Waals surface area contributed by atoms with E-state index in [1.807, 2.05) is 12.3 Å². The first-order valence-electron chi connectivity index (χ1n) is 7.44. The van der Waals surface area contributed by atoms with Gasteiger partial charge in [0.15, 0.2) is 0 Å². The molecule has 110 valence electrons. The Balaban J connectivity index is 1.40. The molecule has 0 spiro atoms. The van der Waals surface area contributed by atoms with Crippen molar-refractivity contribution in [2.45, 2.75) is 19.4 Å². The molecule has 4 heteroatoms. The molecule has 1 aromatic carbocycles. The second-order valence-corrected chi connectivity index (χ2v) is 5.51. The molecular weight excluding hydrogens is 265 g/mol. The van der Waals surface area contributed by atoms with Gasteiger partial charge in [0.2, 0.25) is 0 Å². The van der Waals surface area contributed by atoms with Crippen molar-refractivity contribution in [3.05, 3.63) is 59.9 Å². The second kappa shape index (κ2) is 6.68. The average Bonchev–Trinajstić information content (AvgIpc) is 2.96. The van der Waals surface area contributed by atoms with E-state index in [1.165, 1.54) is 24.4 Å². The van der Waals surface area contributed by atoms with Crippen LogP contribution in [0.5, 0.6) is 0 Å². The number of halogens is 1. The zero-order valence-corrected chi connectivity index (χ0v) is 12.0. The van der Waals surface area contributed by atoms with Crippen molar-refractivity contribution in [3.63, 3.8) is 0 Å². The quantitative estimate of drug-likeness (QED) is 0.856. The summed E-state index contributed by atoms with van der Waals surface area (Å²) in [6.45, 7) is 2.92. The Hall–Kier alpha value is -1.94. The van der Waals surface area contributed by atoms with E-state index >= 15 is 0 Å². The molecule has 1 atom stereocenters. The summed E-state index contributed by atoms with van der Waals surface area (Å²) in [5.41, 5.74) is 1.03. The van der Waals surface area contributed by atoms with Crippen LogP contribution in [0.2, 0.25) is 0 Å². The maximum Gasteiger partial charge on any atom is 0.123 e. The lowest BCUT2D eigenvalue weighted by molar-refractivity contribution is 0.352. The Bertz CT molecular complexity index is 601. The molecule has 1 aromatic heterocycles. The topological polar surface area (TPSA) is 29.9 Å². The van der Waals surface area contributed by atoms with Gasteiger partial charge in [-0.25, -0.2) is 9.37 Å². The highest BCUT2D eigenvalue weighted by Gasteiger charge is 2.17. The maximum absolute atomic E-state index is 12.8. The number of imidazole rings is 1. The predicted octanol–water partition coefficient (Wildman–Crippen LogP) is 2.89. The number of nitrogens with zero attached hydrogens (tertiary/aromatic N) is 2. The maximum atomic E-state index is 12.8. The van der Waals surface area contributed by atoms with Crippen molar-refractivity contribution in [2.75, 3.05) is 13.1 Å². The first-order valence-corrected chi connectivity index (χ1v) is 7.44. The number of rotatable bonds is 5. The summed E-state index contributed by atoms with van der Waals surface area (Å²) in [7, 11) is 0. The Morgan fingerprint density at radius 2 is 2.19 bits per heavy atom. The number of aryl methyl sites for hydroxylation is 1. The Morgan fingerprint density at radius 1 is 1.33 bits per heavy atom. The molecule has 2 aromatic rings. The molecule has 0 saturated carbocycles. The molecule has 1 N–H and O–H groups in total. The number of fused-ring (bicyclic) bond motifs is 1. The van der Waals surface area contributed by atoms with E-state index in [9.17, 15) is 4.39 Å². The van der Waals surface area contributed by atoms with Crippen molar-refractivity contribution in [2.24, 2.45) is 5.92 Å². The molecule has 1 aliphatic heterocycles. The lowest BCUT2D eigenvalue weighted by atomic mass is 9.99. The van der Waals surface area contributed by atoms with Crippen LogP contribution in [0, 0.1) is 11.7 Å². The van der Waals surface area contributed by atoms with Crippen LogP contribution in [0.4, 0.5) is 4.39 Å². The van der Waals surface area contributed by atoms with Crippen LogP contribution in [-0.4, -0.2) is 22.6 Å². The third-order valence-corrected chi connectivity index (χ3v) is 3.91. The molecule has 2 heterocycles. The summed E-state index contributed by atoms with van der Waals surface area (Å²) in [6, 6.07) is 6.54. The van der Waals surface area contributed by atoms with Crippen LogP contribution in [-0.2, 0) is 13.0 Å². The van der Waals surface area contributed by atoms with Gasteiger partial charge in [-0.3, -0.25) is 0 Å². The van der Waals surface area contributed by atoms with Gasteiger partial charge in [-0.1, -0.05) is 24.3 Å². The molecule has 1 aliphatic rings. The monoisotopic (exact) mass is 285 g/mol. The minimum absolute atomic E-state index is 0.193. The van der Waals surface area contributed by atoms with Gasteiger partial charge in [0, 0.05) is 31.9 Å². The minimum Gasteiger partial charge on any atom is -0.335 e. The molecule has 0 aliphatic carbocycles. The smallest absolute Gasteiger partial charge is 0.123 e. The Labute approximate surface area is 124 Å². The predicted molar refractivity (Wildman–Crippen MR) is 82.3 cm³/mol. The molecule has 3 nitrogen and oxygen atoms in total. The zero-order valence-electron chi connectivity index (χ0n) is 12.0. The highest BCUT2D eigenvalue weighted by atomic mass is 19.1. The summed E-state index contributed by atoms with van der Waals surface area (Å²) in [6.07, 6.45) is 10.3. The number of hydrogen-bond donors (Lipinski definition) is 1. The molecule has 1 unspecified atom stereocenters. The van der Waals surface area contributed by atoms with Crippen LogP contribution in [0.1, 0.15) is 17.8 Å². The second-order valence-electron chi connectivity index (χ2n) is 5.51. The van der Waals surface area contributed by atoms with Crippen molar-refractivity contribution >= 4 is 6.08 Å². The normalized spacial score (nSPS) is 18.0. The number of hydrogen-bond acceptors (Lipinski definition) is 2. The van der Waals surface area contributed by atoms with Crippen molar-refractivity contribution in [1.29, 1.82) is 0 Å². The lowest BCUT2D eigenvalue weighted by Gasteiger charge is -2.23. The van der Waals surface area contributed by atoms with Crippen LogP contribution >= 0.6 is 0 Å². The SMILES string of the molecule is Fc1ccc(/C=C/CNCC2CCc3nccn3C2)cc1. The minimum atomic E-state index is -0.193. The van der Waals surface area contributed by atoms with Crippen molar-refractivity contribution < 1.29 is 4.39 Å². The van der Waals surface area contributed by atoms with Crippen molar-refractivity contribution in [1.82, 2.24) is 14.9 Å². The largest absolute Gasteiger partial charge is 0.335 e. The van der Waals surface area contributed by atoms with E-state index in [0.29, 0.717) is 5.92 Å². The summed E-state index contributed by atoms with van der Waals surface area (Å²) in [5.74, 6) is 1.69. The van der Waals surface area contributed by atoms with Gasteiger partial charge in [0.1, 0.15) is 11.6 Å². The fourth-order valence-corrected chi connectivity index (χ4v) is 2.74. The van der Waals surface area contributed by atoms with Gasteiger partial charge in [-0.05, 0) is 36.6 Å². The third-order valence-electron chi connectivity index (χ3n) is 3.91. The standard InChI is InChI=1S/C17H20FN3/c18-16-6-3-14(4-7-16)2-1-9-19-12-15-5-8-17-20-10-11-21(17)13-15/h1-4,6-7,10-11,15,19H,5,8-9,12-13H2/b2-1+. The summed E-state index contributed by atoms with van der Waals surface area (Å²) in [4.78, 5) is 4.35. The van der Waals surface area contributed by atoms with Crippen LogP contribution in [0.3, 0.4) is 0 Å². The van der Waals surface area contributed by atoms with Crippen LogP contribution in [0.15, 0.2) is 42.7 Å².